The molecule has 3 saturated carbocycles. The fourth-order valence-corrected chi connectivity index (χ4v) is 6.80. The van der Waals surface area contributed by atoms with E-state index in [0.717, 1.165) is 37.5 Å². The number of allylic oxidation sites excluding steroid dienone is 1. The summed E-state index contributed by atoms with van der Waals surface area (Å²) in [5.74, 6) is 2.66. The van der Waals surface area contributed by atoms with Gasteiger partial charge in [-0.15, -0.1) is 0 Å². The number of aliphatic hydroxyl groups is 1. The van der Waals surface area contributed by atoms with Crippen molar-refractivity contribution in [3.8, 4) is 0 Å². The first kappa shape index (κ1) is 16.8. The highest BCUT2D eigenvalue weighted by molar-refractivity contribution is 5.87. The second-order valence-electron chi connectivity index (χ2n) is 9.11. The van der Waals surface area contributed by atoms with Crippen molar-refractivity contribution in [3.05, 3.63) is 11.6 Å². The molecule has 24 heavy (non-hydrogen) atoms. The normalized spacial score (nSPS) is 47.6. The van der Waals surface area contributed by atoms with Crippen molar-refractivity contribution in [2.24, 2.45) is 28.6 Å². The minimum Gasteiger partial charge on any atom is -0.394 e. The molecule has 0 unspecified atom stereocenters. The second-order valence-corrected chi connectivity index (χ2v) is 9.11. The van der Waals surface area contributed by atoms with Crippen LogP contribution in [0.1, 0.15) is 65.2 Å². The summed E-state index contributed by atoms with van der Waals surface area (Å²) in [6.45, 7) is 5.30. The number of carbonyl (C=O) groups is 1. The highest BCUT2D eigenvalue weighted by Crippen LogP contribution is 2.64. The number of hydrogen-bond acceptors (Lipinski definition) is 3. The van der Waals surface area contributed by atoms with Gasteiger partial charge < -0.3 is 9.84 Å². The zero-order chi connectivity index (χ0) is 16.9. The number of ketones is 1. The van der Waals surface area contributed by atoms with Crippen molar-refractivity contribution in [1.29, 1.82) is 0 Å². The molecule has 4 aliphatic rings. The van der Waals surface area contributed by atoms with Gasteiger partial charge in [0, 0.05) is 11.8 Å². The van der Waals surface area contributed by atoms with Crippen LogP contribution in [0.15, 0.2) is 11.6 Å². The molecule has 3 fully saturated rings. The second kappa shape index (κ2) is 5.95. The monoisotopic (exact) mass is 332 g/mol. The quantitative estimate of drug-likeness (QED) is 0.798. The molecule has 4 aliphatic carbocycles. The van der Waals surface area contributed by atoms with Gasteiger partial charge in [0.25, 0.3) is 0 Å². The first-order valence-electron chi connectivity index (χ1n) is 9.96. The maximum Gasteiger partial charge on any atom is 0.139 e. The van der Waals surface area contributed by atoms with Crippen LogP contribution in [0.3, 0.4) is 0 Å². The topological polar surface area (TPSA) is 46.5 Å². The molecule has 0 saturated heterocycles. The van der Waals surface area contributed by atoms with Gasteiger partial charge in [0.15, 0.2) is 0 Å². The SMILES string of the molecule is C[C@]12CC[C@H](OCCO)C=C1CC[C@@H]1[C@@H]2CC[C@]2(C)C(=O)CC[C@@H]12. The number of rotatable bonds is 3. The Morgan fingerprint density at radius 3 is 2.62 bits per heavy atom. The lowest BCUT2D eigenvalue weighted by atomic mass is 9.47. The first-order valence-corrected chi connectivity index (χ1v) is 9.96. The summed E-state index contributed by atoms with van der Waals surface area (Å²) in [7, 11) is 0. The summed E-state index contributed by atoms with van der Waals surface area (Å²) < 4.78 is 5.79. The maximum absolute atomic E-state index is 12.5. The largest absolute Gasteiger partial charge is 0.394 e. The number of hydrogen-bond donors (Lipinski definition) is 1. The minimum absolute atomic E-state index is 0.0137. The molecule has 4 rings (SSSR count). The predicted octanol–water partition coefficient (Wildman–Crippen LogP) is 3.90. The Labute approximate surface area is 145 Å². The van der Waals surface area contributed by atoms with E-state index in [-0.39, 0.29) is 18.1 Å². The van der Waals surface area contributed by atoms with Crippen LogP contribution in [0.25, 0.3) is 0 Å². The van der Waals surface area contributed by atoms with Crippen LogP contribution in [-0.2, 0) is 9.53 Å². The highest BCUT2D eigenvalue weighted by Gasteiger charge is 2.58. The van der Waals surface area contributed by atoms with Gasteiger partial charge >= 0.3 is 0 Å². The van der Waals surface area contributed by atoms with Crippen molar-refractivity contribution in [2.45, 2.75) is 71.3 Å². The lowest BCUT2D eigenvalue weighted by molar-refractivity contribution is -0.132. The molecule has 0 amide bonds. The molecule has 6 atom stereocenters. The Bertz CT molecular complexity index is 553. The lowest BCUT2D eigenvalue weighted by Crippen LogP contribution is -2.50. The third kappa shape index (κ3) is 2.34. The summed E-state index contributed by atoms with van der Waals surface area (Å²) >= 11 is 0. The van der Waals surface area contributed by atoms with Gasteiger partial charge in [0.1, 0.15) is 5.78 Å². The number of fused-ring (bicyclic) bond motifs is 5. The van der Waals surface area contributed by atoms with Gasteiger partial charge in [-0.2, -0.15) is 0 Å². The van der Waals surface area contributed by atoms with Crippen LogP contribution in [0.2, 0.25) is 0 Å². The Morgan fingerprint density at radius 2 is 1.83 bits per heavy atom. The molecule has 0 radical (unpaired) electrons. The summed E-state index contributed by atoms with van der Waals surface area (Å²) in [4.78, 5) is 12.5. The highest BCUT2D eigenvalue weighted by atomic mass is 16.5. The molecule has 3 heteroatoms. The van der Waals surface area contributed by atoms with Crippen molar-refractivity contribution >= 4 is 5.78 Å². The van der Waals surface area contributed by atoms with Crippen LogP contribution in [0, 0.1) is 28.6 Å². The zero-order valence-corrected chi connectivity index (χ0v) is 15.2. The van der Waals surface area contributed by atoms with Crippen LogP contribution in [0.4, 0.5) is 0 Å². The average Bonchev–Trinajstić information content (AvgIpc) is 2.88. The summed E-state index contributed by atoms with van der Waals surface area (Å²) in [5, 5.41) is 8.99. The first-order chi connectivity index (χ1) is 11.5. The van der Waals surface area contributed by atoms with Gasteiger partial charge in [-0.3, -0.25) is 4.79 Å². The van der Waals surface area contributed by atoms with Gasteiger partial charge in [-0.25, -0.2) is 0 Å². The van der Waals surface area contributed by atoms with E-state index >= 15 is 0 Å². The summed E-state index contributed by atoms with van der Waals surface area (Å²) in [5.41, 5.74) is 1.90. The van der Waals surface area contributed by atoms with E-state index in [0.29, 0.717) is 23.7 Å². The van der Waals surface area contributed by atoms with E-state index in [9.17, 15) is 4.79 Å². The number of aliphatic hydroxyl groups excluding tert-OH is 1. The summed E-state index contributed by atoms with van der Waals surface area (Å²) in [6, 6.07) is 0. The van der Waals surface area contributed by atoms with Gasteiger partial charge in [0.05, 0.1) is 19.3 Å². The Morgan fingerprint density at radius 1 is 1.08 bits per heavy atom. The van der Waals surface area contributed by atoms with Gasteiger partial charge in [0.2, 0.25) is 0 Å². The van der Waals surface area contributed by atoms with Crippen molar-refractivity contribution in [2.75, 3.05) is 13.2 Å². The number of carbonyl (C=O) groups excluding carboxylic acids is 1. The molecule has 0 aliphatic heterocycles. The zero-order valence-electron chi connectivity index (χ0n) is 15.2. The fraction of sp³-hybridized carbons (Fsp3) is 0.857. The van der Waals surface area contributed by atoms with E-state index in [1.165, 1.54) is 25.7 Å². The third-order valence-corrected chi connectivity index (χ3v) is 8.20. The van der Waals surface area contributed by atoms with Gasteiger partial charge in [-0.1, -0.05) is 25.5 Å². The molecular weight excluding hydrogens is 300 g/mol. The number of ether oxygens (including phenoxy) is 1. The molecule has 0 aromatic rings. The third-order valence-electron chi connectivity index (χ3n) is 8.20. The Hall–Kier alpha value is -0.670. The molecule has 0 aromatic heterocycles. The molecule has 0 bridgehead atoms. The average molecular weight is 332 g/mol. The maximum atomic E-state index is 12.5. The Balaban J connectivity index is 1.58. The van der Waals surface area contributed by atoms with Crippen LogP contribution >= 0.6 is 0 Å². The molecule has 1 N–H and O–H groups in total. The van der Waals surface area contributed by atoms with Gasteiger partial charge in [-0.05, 0) is 68.1 Å². The van der Waals surface area contributed by atoms with E-state index in [1.807, 2.05) is 0 Å². The molecule has 0 heterocycles. The summed E-state index contributed by atoms with van der Waals surface area (Å²) in [6.07, 6.45) is 11.6. The number of Topliss-reactive ketones (excluding diaryl/α,β-unsaturated/α-hetero) is 1. The minimum atomic E-state index is -0.0137. The van der Waals surface area contributed by atoms with Crippen LogP contribution in [-0.4, -0.2) is 30.2 Å². The predicted molar refractivity (Wildman–Crippen MR) is 93.5 cm³/mol. The van der Waals surface area contributed by atoms with Crippen molar-refractivity contribution in [3.63, 3.8) is 0 Å². The molecule has 0 spiro atoms. The van der Waals surface area contributed by atoms with E-state index in [4.69, 9.17) is 9.84 Å². The lowest BCUT2D eigenvalue weighted by Gasteiger charge is -2.57. The van der Waals surface area contributed by atoms with Crippen molar-refractivity contribution < 1.29 is 14.6 Å². The van der Waals surface area contributed by atoms with E-state index in [1.54, 1.807) is 5.57 Å². The molecule has 0 aromatic carbocycles. The molecule has 134 valence electrons. The van der Waals surface area contributed by atoms with Crippen molar-refractivity contribution in [1.82, 2.24) is 0 Å². The molecular formula is C21H32O3. The van der Waals surface area contributed by atoms with E-state index < -0.39 is 0 Å². The standard InChI is InChI=1S/C21H32O3/c1-20-9-7-15(24-12-11-22)13-14(20)3-4-16-17-5-6-19(23)21(17,2)10-8-18(16)20/h13,15-18,22H,3-12H2,1-2H3/t15-,16-,17-,18-,20-,21-/m0/s1. The molecule has 3 nitrogen and oxygen atoms in total. The Kier molecular flexibility index (Phi) is 4.16. The smallest absolute Gasteiger partial charge is 0.139 e. The van der Waals surface area contributed by atoms with Crippen LogP contribution in [0.5, 0.6) is 0 Å². The fourth-order valence-electron chi connectivity index (χ4n) is 6.80. The van der Waals surface area contributed by atoms with Crippen LogP contribution < -0.4 is 0 Å². The van der Waals surface area contributed by atoms with E-state index in [2.05, 4.69) is 19.9 Å².